The maximum absolute atomic E-state index is 11.0. The molecular weight excluding hydrogens is 138 g/mol. The predicted octanol–water partition coefficient (Wildman–Crippen LogP) is 1.65. The zero-order chi connectivity index (χ0) is 8.53. The lowest BCUT2D eigenvalue weighted by Crippen LogP contribution is -2.01. The van der Waals surface area contributed by atoms with E-state index >= 15 is 0 Å². The molecule has 2 nitrogen and oxygen atoms in total. The first-order valence-electron chi connectivity index (χ1n) is 4.14. The average Bonchev–Trinajstić information content (AvgIpc) is 2.01. The minimum atomic E-state index is 0.332. The van der Waals surface area contributed by atoms with Crippen molar-refractivity contribution in [2.75, 3.05) is 6.54 Å². The van der Waals surface area contributed by atoms with Gasteiger partial charge in [0.2, 0.25) is 0 Å². The summed E-state index contributed by atoms with van der Waals surface area (Å²) in [5.41, 5.74) is 5.29. The number of rotatable bonds is 7. The molecule has 0 heterocycles. The standard InChI is InChI=1S/C9H17NO/c1-2-3-6-9(11)7-4-5-8-10/h2H,1,3-8,10H2. The van der Waals surface area contributed by atoms with Crippen LogP contribution in [-0.2, 0) is 4.79 Å². The Bertz CT molecular complexity index is 121. The van der Waals surface area contributed by atoms with Gasteiger partial charge in [-0.05, 0) is 25.8 Å². The molecule has 0 saturated heterocycles. The van der Waals surface area contributed by atoms with Crippen LogP contribution in [0, 0.1) is 0 Å². The number of carbonyl (C=O) groups excluding carboxylic acids is 1. The van der Waals surface area contributed by atoms with Gasteiger partial charge in [-0.15, -0.1) is 6.58 Å². The Hall–Kier alpha value is -0.630. The second kappa shape index (κ2) is 7.48. The maximum atomic E-state index is 11.0. The molecule has 0 aromatic rings. The summed E-state index contributed by atoms with van der Waals surface area (Å²) in [7, 11) is 0. The van der Waals surface area contributed by atoms with Crippen LogP contribution in [0.5, 0.6) is 0 Å². The highest BCUT2D eigenvalue weighted by Crippen LogP contribution is 2.00. The molecule has 0 atom stereocenters. The van der Waals surface area contributed by atoms with Gasteiger partial charge in [0.15, 0.2) is 0 Å². The lowest BCUT2D eigenvalue weighted by Gasteiger charge is -1.96. The van der Waals surface area contributed by atoms with E-state index in [1.807, 2.05) is 0 Å². The summed E-state index contributed by atoms with van der Waals surface area (Å²) in [6, 6.07) is 0. The Morgan fingerprint density at radius 1 is 1.36 bits per heavy atom. The molecule has 0 fully saturated rings. The molecule has 0 bridgehead atoms. The lowest BCUT2D eigenvalue weighted by molar-refractivity contribution is -0.119. The van der Waals surface area contributed by atoms with Gasteiger partial charge in [0.1, 0.15) is 5.78 Å². The van der Waals surface area contributed by atoms with Gasteiger partial charge in [-0.2, -0.15) is 0 Å². The maximum Gasteiger partial charge on any atom is 0.133 e. The van der Waals surface area contributed by atoms with E-state index in [1.165, 1.54) is 0 Å². The van der Waals surface area contributed by atoms with E-state index in [9.17, 15) is 4.79 Å². The van der Waals surface area contributed by atoms with Crippen molar-refractivity contribution in [1.82, 2.24) is 0 Å². The van der Waals surface area contributed by atoms with Gasteiger partial charge in [-0.25, -0.2) is 0 Å². The molecule has 0 aromatic carbocycles. The molecule has 0 spiro atoms. The van der Waals surface area contributed by atoms with Crippen molar-refractivity contribution in [3.63, 3.8) is 0 Å². The average molecular weight is 155 g/mol. The van der Waals surface area contributed by atoms with Gasteiger partial charge in [0.05, 0.1) is 0 Å². The summed E-state index contributed by atoms with van der Waals surface area (Å²) in [4.78, 5) is 11.0. The SMILES string of the molecule is C=CCCC(=O)CCCCN. The van der Waals surface area contributed by atoms with E-state index in [0.29, 0.717) is 25.2 Å². The summed E-state index contributed by atoms with van der Waals surface area (Å²) < 4.78 is 0. The number of carbonyl (C=O) groups is 1. The first-order chi connectivity index (χ1) is 5.31. The summed E-state index contributed by atoms with van der Waals surface area (Å²) in [5, 5.41) is 0. The Morgan fingerprint density at radius 2 is 2.09 bits per heavy atom. The van der Waals surface area contributed by atoms with Crippen LogP contribution in [0.3, 0.4) is 0 Å². The Balaban J connectivity index is 3.15. The molecule has 0 aliphatic carbocycles. The summed E-state index contributed by atoms with van der Waals surface area (Å²) in [6.45, 7) is 4.25. The third kappa shape index (κ3) is 7.26. The predicted molar refractivity (Wildman–Crippen MR) is 47.3 cm³/mol. The first-order valence-corrected chi connectivity index (χ1v) is 4.14. The molecule has 0 aliphatic rings. The summed E-state index contributed by atoms with van der Waals surface area (Å²) >= 11 is 0. The van der Waals surface area contributed by atoms with Crippen LogP contribution in [0.2, 0.25) is 0 Å². The second-order valence-corrected chi connectivity index (χ2v) is 2.61. The monoisotopic (exact) mass is 155 g/mol. The first kappa shape index (κ1) is 10.4. The molecule has 0 aliphatic heterocycles. The van der Waals surface area contributed by atoms with Gasteiger partial charge >= 0.3 is 0 Å². The van der Waals surface area contributed by atoms with Crippen LogP contribution in [0.25, 0.3) is 0 Å². The number of Topliss-reactive ketones (excluding diaryl/α,β-unsaturated/α-hetero) is 1. The minimum absolute atomic E-state index is 0.332. The smallest absolute Gasteiger partial charge is 0.133 e. The van der Waals surface area contributed by atoms with E-state index in [4.69, 9.17) is 5.73 Å². The van der Waals surface area contributed by atoms with E-state index in [0.717, 1.165) is 19.3 Å². The van der Waals surface area contributed by atoms with Crippen LogP contribution in [-0.4, -0.2) is 12.3 Å². The largest absolute Gasteiger partial charge is 0.330 e. The molecular formula is C9H17NO. The molecule has 0 amide bonds. The van der Waals surface area contributed by atoms with Crippen LogP contribution < -0.4 is 5.73 Å². The van der Waals surface area contributed by atoms with E-state index in [2.05, 4.69) is 6.58 Å². The molecule has 11 heavy (non-hydrogen) atoms. The molecule has 0 unspecified atom stereocenters. The number of nitrogens with two attached hydrogens (primary N) is 1. The highest BCUT2D eigenvalue weighted by atomic mass is 16.1. The number of hydrogen-bond donors (Lipinski definition) is 1. The van der Waals surface area contributed by atoms with Crippen molar-refractivity contribution in [3.05, 3.63) is 12.7 Å². The minimum Gasteiger partial charge on any atom is -0.330 e. The second-order valence-electron chi connectivity index (χ2n) is 2.61. The summed E-state index contributed by atoms with van der Waals surface area (Å²) in [6.07, 6.45) is 5.81. The summed E-state index contributed by atoms with van der Waals surface area (Å²) in [5.74, 6) is 0.332. The fourth-order valence-corrected chi connectivity index (χ4v) is 0.855. The lowest BCUT2D eigenvalue weighted by atomic mass is 10.1. The fourth-order valence-electron chi connectivity index (χ4n) is 0.855. The normalized spacial score (nSPS) is 9.55. The van der Waals surface area contributed by atoms with Crippen LogP contribution >= 0.6 is 0 Å². The van der Waals surface area contributed by atoms with Crippen molar-refractivity contribution in [1.29, 1.82) is 0 Å². The van der Waals surface area contributed by atoms with E-state index in [1.54, 1.807) is 6.08 Å². The van der Waals surface area contributed by atoms with E-state index in [-0.39, 0.29) is 0 Å². The number of unbranched alkanes of at least 4 members (excludes halogenated alkanes) is 1. The highest BCUT2D eigenvalue weighted by Gasteiger charge is 1.98. The van der Waals surface area contributed by atoms with Gasteiger partial charge in [0, 0.05) is 12.8 Å². The molecule has 0 radical (unpaired) electrons. The molecule has 2 N–H and O–H groups in total. The quantitative estimate of drug-likeness (QED) is 0.448. The number of ketones is 1. The number of hydrogen-bond acceptors (Lipinski definition) is 2. The van der Waals surface area contributed by atoms with Gasteiger partial charge in [-0.1, -0.05) is 6.08 Å². The van der Waals surface area contributed by atoms with Crippen molar-refractivity contribution in [2.24, 2.45) is 5.73 Å². The van der Waals surface area contributed by atoms with Crippen LogP contribution in [0.1, 0.15) is 32.1 Å². The molecule has 0 aromatic heterocycles. The van der Waals surface area contributed by atoms with Gasteiger partial charge < -0.3 is 5.73 Å². The van der Waals surface area contributed by atoms with Gasteiger partial charge in [-0.3, -0.25) is 4.79 Å². The molecule has 0 saturated carbocycles. The zero-order valence-electron chi connectivity index (χ0n) is 7.01. The molecule has 0 rings (SSSR count). The number of allylic oxidation sites excluding steroid dienone is 1. The third-order valence-corrected chi connectivity index (χ3v) is 1.54. The Morgan fingerprint density at radius 3 is 2.64 bits per heavy atom. The van der Waals surface area contributed by atoms with Crippen molar-refractivity contribution < 1.29 is 4.79 Å². The van der Waals surface area contributed by atoms with Crippen molar-refractivity contribution in [2.45, 2.75) is 32.1 Å². The van der Waals surface area contributed by atoms with Gasteiger partial charge in [0.25, 0.3) is 0 Å². The third-order valence-electron chi connectivity index (χ3n) is 1.54. The molecule has 64 valence electrons. The molecule has 2 heteroatoms. The highest BCUT2D eigenvalue weighted by molar-refractivity contribution is 5.78. The van der Waals surface area contributed by atoms with Crippen molar-refractivity contribution in [3.8, 4) is 0 Å². The van der Waals surface area contributed by atoms with Crippen LogP contribution in [0.4, 0.5) is 0 Å². The topological polar surface area (TPSA) is 43.1 Å². The van der Waals surface area contributed by atoms with Crippen LogP contribution in [0.15, 0.2) is 12.7 Å². The van der Waals surface area contributed by atoms with Crippen molar-refractivity contribution >= 4 is 5.78 Å². The zero-order valence-corrected chi connectivity index (χ0v) is 7.01. The Kier molecular flexibility index (Phi) is 7.05. The van der Waals surface area contributed by atoms with E-state index < -0.39 is 0 Å². The fraction of sp³-hybridized carbons (Fsp3) is 0.667. The Labute approximate surface area is 68.5 Å².